The Balaban J connectivity index is 1.54. The maximum absolute atomic E-state index is 12.4. The van der Waals surface area contributed by atoms with Crippen molar-refractivity contribution in [3.05, 3.63) is 0 Å². The van der Waals surface area contributed by atoms with Crippen molar-refractivity contribution in [1.29, 1.82) is 0 Å². The molecule has 3 rings (SSSR count). The molecule has 0 aromatic heterocycles. The van der Waals surface area contributed by atoms with E-state index in [-0.39, 0.29) is 19.4 Å². The average Bonchev–Trinajstić information content (AvgIpc) is 3.24. The van der Waals surface area contributed by atoms with E-state index in [1.807, 2.05) is 0 Å². The zero-order valence-electron chi connectivity index (χ0n) is 16.2. The Kier molecular flexibility index (Phi) is 6.81. The molecule has 3 fully saturated rings. The molecule has 0 amide bonds. The van der Waals surface area contributed by atoms with Gasteiger partial charge in [0.15, 0.2) is 12.4 Å². The number of esters is 1. The molecule has 3 aliphatic heterocycles. The highest BCUT2D eigenvalue weighted by Crippen LogP contribution is 2.51. The van der Waals surface area contributed by atoms with E-state index >= 15 is 0 Å². The summed E-state index contributed by atoms with van der Waals surface area (Å²) in [5, 5.41) is 50.4. The second kappa shape index (κ2) is 8.83. The van der Waals surface area contributed by atoms with Crippen LogP contribution in [0.25, 0.3) is 0 Å². The molecular weight excluding hydrogens is 388 g/mol. The lowest BCUT2D eigenvalue weighted by molar-refractivity contribution is -0.279. The van der Waals surface area contributed by atoms with E-state index in [0.29, 0.717) is 19.3 Å². The molecule has 3 aliphatic rings. The van der Waals surface area contributed by atoms with Gasteiger partial charge in [-0.3, -0.25) is 4.79 Å². The highest BCUT2D eigenvalue weighted by molar-refractivity contribution is 5.84. The van der Waals surface area contributed by atoms with Crippen LogP contribution < -0.4 is 0 Å². The lowest BCUT2D eigenvalue weighted by atomic mass is 9.75. The Bertz CT molecular complexity index is 612. The molecule has 29 heavy (non-hydrogen) atoms. The van der Waals surface area contributed by atoms with Crippen LogP contribution in [0, 0.1) is 5.92 Å². The summed E-state index contributed by atoms with van der Waals surface area (Å²) < 4.78 is 15.7. The number of hydrogen-bond donors (Lipinski definition) is 5. The summed E-state index contributed by atoms with van der Waals surface area (Å²) in [6.07, 6.45) is 0.925. The highest BCUT2D eigenvalue weighted by atomic mass is 16.7. The van der Waals surface area contributed by atoms with Crippen LogP contribution in [0.4, 0.5) is 0 Å². The Morgan fingerprint density at radius 1 is 1.07 bits per heavy atom. The minimum absolute atomic E-state index is 0.0695. The molecule has 0 aromatic carbocycles. The topological polar surface area (TPSA) is 163 Å². The summed E-state index contributed by atoms with van der Waals surface area (Å²) in [6, 6.07) is 0. The molecule has 166 valence electrons. The summed E-state index contributed by atoms with van der Waals surface area (Å²) in [7, 11) is 0. The molecule has 7 unspecified atom stereocenters. The number of aliphatic hydroxyl groups is 4. The number of unbranched alkanes of at least 4 members (excludes halogenated alkanes) is 5. The van der Waals surface area contributed by atoms with E-state index in [1.165, 1.54) is 0 Å². The third-order valence-corrected chi connectivity index (χ3v) is 6.20. The normalized spacial score (nSPS) is 41.5. The van der Waals surface area contributed by atoms with Crippen molar-refractivity contribution >= 4 is 11.9 Å². The SMILES string of the molecule is O=C(O)CCCCCCCCC1OC(O)CC1C1(O)C(=O)OC2C(O)COC21O. The number of carbonyl (C=O) groups excluding carboxylic acids is 1. The summed E-state index contributed by atoms with van der Waals surface area (Å²) in [5.41, 5.74) is -2.44. The van der Waals surface area contributed by atoms with Crippen molar-refractivity contribution < 1.29 is 49.3 Å². The number of carboxylic acid groups (broad SMARTS) is 1. The Morgan fingerprint density at radius 2 is 1.72 bits per heavy atom. The van der Waals surface area contributed by atoms with Crippen LogP contribution in [0.1, 0.15) is 57.8 Å². The third-order valence-electron chi connectivity index (χ3n) is 6.20. The molecule has 10 heteroatoms. The lowest BCUT2D eigenvalue weighted by Gasteiger charge is -2.37. The van der Waals surface area contributed by atoms with Gasteiger partial charge in [-0.05, 0) is 12.8 Å². The molecule has 0 aliphatic carbocycles. The fraction of sp³-hybridized carbons (Fsp3) is 0.895. The van der Waals surface area contributed by atoms with Gasteiger partial charge in [-0.2, -0.15) is 0 Å². The lowest BCUT2D eigenvalue weighted by Crippen LogP contribution is -2.63. The number of carbonyl (C=O) groups is 2. The van der Waals surface area contributed by atoms with Crippen molar-refractivity contribution in [3.63, 3.8) is 0 Å². The Morgan fingerprint density at radius 3 is 2.41 bits per heavy atom. The van der Waals surface area contributed by atoms with E-state index in [4.69, 9.17) is 19.3 Å². The van der Waals surface area contributed by atoms with Gasteiger partial charge in [0.25, 0.3) is 0 Å². The van der Waals surface area contributed by atoms with Crippen molar-refractivity contribution in [1.82, 2.24) is 0 Å². The van der Waals surface area contributed by atoms with Gasteiger partial charge in [0.05, 0.1) is 12.7 Å². The maximum atomic E-state index is 12.4. The maximum Gasteiger partial charge on any atom is 0.345 e. The van der Waals surface area contributed by atoms with Gasteiger partial charge in [0, 0.05) is 18.8 Å². The molecule has 0 saturated carbocycles. The number of aliphatic hydroxyl groups excluding tert-OH is 2. The van der Waals surface area contributed by atoms with Crippen LogP contribution in [0.15, 0.2) is 0 Å². The van der Waals surface area contributed by atoms with Gasteiger partial charge in [0.2, 0.25) is 11.4 Å². The minimum atomic E-state index is -2.44. The number of hydrogen-bond acceptors (Lipinski definition) is 9. The number of fused-ring (bicyclic) bond motifs is 1. The Hall–Kier alpha value is -1.30. The van der Waals surface area contributed by atoms with Crippen molar-refractivity contribution in [3.8, 4) is 0 Å². The number of carboxylic acids is 1. The molecule has 7 atom stereocenters. The molecule has 0 spiro atoms. The first-order valence-corrected chi connectivity index (χ1v) is 10.2. The van der Waals surface area contributed by atoms with Crippen molar-refractivity contribution in [2.24, 2.45) is 5.92 Å². The standard InChI is InChI=1S/C19H30O10/c20-12-10-27-19(26)16(12)29-17(24)18(19,25)11-9-15(23)28-13(11)7-5-3-1-2-4-6-8-14(21)22/h11-13,15-16,20,23,25-26H,1-10H2,(H,21,22). The van der Waals surface area contributed by atoms with E-state index in [9.17, 15) is 30.0 Å². The largest absolute Gasteiger partial charge is 0.481 e. The van der Waals surface area contributed by atoms with Gasteiger partial charge >= 0.3 is 11.9 Å². The minimum Gasteiger partial charge on any atom is -0.481 e. The number of rotatable bonds is 10. The third kappa shape index (κ3) is 4.14. The van der Waals surface area contributed by atoms with Crippen LogP contribution in [0.2, 0.25) is 0 Å². The second-order valence-electron chi connectivity index (χ2n) is 8.19. The summed E-state index contributed by atoms with van der Waals surface area (Å²) in [5.74, 6) is -5.21. The summed E-state index contributed by atoms with van der Waals surface area (Å²) in [6.45, 7) is -0.278. The van der Waals surface area contributed by atoms with Gasteiger partial charge in [0.1, 0.15) is 6.10 Å². The molecule has 3 saturated heterocycles. The van der Waals surface area contributed by atoms with Crippen LogP contribution >= 0.6 is 0 Å². The van der Waals surface area contributed by atoms with E-state index in [2.05, 4.69) is 0 Å². The second-order valence-corrected chi connectivity index (χ2v) is 8.19. The molecule has 3 heterocycles. The van der Waals surface area contributed by atoms with Gasteiger partial charge in [-0.15, -0.1) is 0 Å². The first-order chi connectivity index (χ1) is 13.7. The Labute approximate surface area is 168 Å². The molecular formula is C19H30O10. The van der Waals surface area contributed by atoms with E-state index < -0.39 is 53.8 Å². The zero-order valence-corrected chi connectivity index (χ0v) is 16.2. The van der Waals surface area contributed by atoms with Crippen LogP contribution in [0.3, 0.4) is 0 Å². The van der Waals surface area contributed by atoms with E-state index in [1.54, 1.807) is 0 Å². The van der Waals surface area contributed by atoms with Crippen molar-refractivity contribution in [2.75, 3.05) is 6.61 Å². The molecule has 0 radical (unpaired) electrons. The first kappa shape index (κ1) is 22.4. The highest BCUT2D eigenvalue weighted by Gasteiger charge is 2.77. The summed E-state index contributed by atoms with van der Waals surface area (Å²) >= 11 is 0. The predicted octanol–water partition coefficient (Wildman–Crippen LogP) is -0.349. The van der Waals surface area contributed by atoms with Crippen LogP contribution in [0.5, 0.6) is 0 Å². The van der Waals surface area contributed by atoms with Crippen molar-refractivity contribution in [2.45, 2.75) is 93.8 Å². The first-order valence-electron chi connectivity index (χ1n) is 10.2. The quantitative estimate of drug-likeness (QED) is 0.234. The van der Waals surface area contributed by atoms with Crippen LogP contribution in [-0.4, -0.2) is 80.1 Å². The number of aliphatic carboxylic acids is 1. The van der Waals surface area contributed by atoms with Crippen LogP contribution in [-0.2, 0) is 23.8 Å². The predicted molar refractivity (Wildman–Crippen MR) is 95.3 cm³/mol. The molecule has 0 bridgehead atoms. The van der Waals surface area contributed by atoms with Gasteiger partial charge in [-0.25, -0.2) is 4.79 Å². The summed E-state index contributed by atoms with van der Waals surface area (Å²) in [4.78, 5) is 22.9. The molecule has 0 aromatic rings. The average molecular weight is 418 g/mol. The fourth-order valence-corrected chi connectivity index (χ4v) is 4.66. The molecule has 10 nitrogen and oxygen atoms in total. The van der Waals surface area contributed by atoms with Gasteiger partial charge in [-0.1, -0.05) is 32.1 Å². The van der Waals surface area contributed by atoms with E-state index in [0.717, 1.165) is 25.7 Å². The monoisotopic (exact) mass is 418 g/mol. The fourth-order valence-electron chi connectivity index (χ4n) is 4.66. The smallest absolute Gasteiger partial charge is 0.345 e. The van der Waals surface area contributed by atoms with Gasteiger partial charge < -0.3 is 39.7 Å². The molecule has 5 N–H and O–H groups in total. The zero-order chi connectivity index (χ0) is 21.2. The number of ether oxygens (including phenoxy) is 3.